The predicted octanol–water partition coefficient (Wildman–Crippen LogP) is 1.15. The molecule has 1 aliphatic rings. The van der Waals surface area contributed by atoms with Crippen molar-refractivity contribution < 1.29 is 31.1 Å². The predicted molar refractivity (Wildman–Crippen MR) is 122 cm³/mol. The van der Waals surface area contributed by atoms with Crippen molar-refractivity contribution in [3.05, 3.63) is 48.0 Å². The monoisotopic (exact) mass is 497 g/mol. The van der Waals surface area contributed by atoms with E-state index in [1.165, 1.54) is 49.8 Å². The van der Waals surface area contributed by atoms with Crippen LogP contribution >= 0.6 is 0 Å². The van der Waals surface area contributed by atoms with Gasteiger partial charge >= 0.3 is 0 Å². The number of nitrogens with one attached hydrogen (secondary N) is 1. The van der Waals surface area contributed by atoms with Gasteiger partial charge in [-0.2, -0.15) is 4.31 Å². The number of hydrogen-bond donors (Lipinski definition) is 1. The Morgan fingerprint density at radius 3 is 2.36 bits per heavy atom. The molecular weight excluding hydrogens is 470 g/mol. The van der Waals surface area contributed by atoms with Crippen molar-refractivity contribution in [1.82, 2.24) is 8.61 Å². The molecule has 0 bridgehead atoms. The maximum absolute atomic E-state index is 13.1. The second-order valence-electron chi connectivity index (χ2n) is 7.51. The van der Waals surface area contributed by atoms with Gasteiger partial charge in [0.1, 0.15) is 15.5 Å². The van der Waals surface area contributed by atoms with Crippen LogP contribution in [0, 0.1) is 0 Å². The lowest BCUT2D eigenvalue weighted by molar-refractivity contribution is -0.115. The van der Waals surface area contributed by atoms with Gasteiger partial charge in [-0.1, -0.05) is 18.2 Å². The summed E-state index contributed by atoms with van der Waals surface area (Å²) in [5.74, 6) is -0.315. The summed E-state index contributed by atoms with van der Waals surface area (Å²) in [6, 6.07) is 10.6. The number of carbonyl (C=O) groups excluding carboxylic acids is 1. The molecule has 2 aromatic carbocycles. The summed E-state index contributed by atoms with van der Waals surface area (Å²) in [4.78, 5) is 12.7. The number of rotatable bonds is 8. The summed E-state index contributed by atoms with van der Waals surface area (Å²) in [5, 5.41) is 2.62. The van der Waals surface area contributed by atoms with Crippen molar-refractivity contribution in [2.45, 2.75) is 16.2 Å². The third kappa shape index (κ3) is 5.53. The number of sulfonamides is 2. The summed E-state index contributed by atoms with van der Waals surface area (Å²) in [5.41, 5.74) is 0.582. The molecule has 0 spiro atoms. The van der Waals surface area contributed by atoms with E-state index in [0.717, 1.165) is 4.31 Å². The number of carbonyl (C=O) groups is 1. The zero-order valence-electron chi connectivity index (χ0n) is 18.6. The minimum absolute atomic E-state index is 0.0336. The first-order valence-electron chi connectivity index (χ1n) is 10.1. The summed E-state index contributed by atoms with van der Waals surface area (Å²) in [6.07, 6.45) is -0.161. The highest BCUT2D eigenvalue weighted by atomic mass is 32.2. The molecule has 3 rings (SSSR count). The lowest BCUT2D eigenvalue weighted by Crippen LogP contribution is -2.40. The van der Waals surface area contributed by atoms with Gasteiger partial charge in [0.15, 0.2) is 0 Å². The molecule has 0 saturated carbocycles. The van der Waals surface area contributed by atoms with Gasteiger partial charge in [0.25, 0.3) is 0 Å². The van der Waals surface area contributed by atoms with Gasteiger partial charge in [0, 0.05) is 27.2 Å². The van der Waals surface area contributed by atoms with Gasteiger partial charge in [0.05, 0.1) is 32.4 Å². The highest BCUT2D eigenvalue weighted by molar-refractivity contribution is 7.89. The van der Waals surface area contributed by atoms with Gasteiger partial charge in [-0.3, -0.25) is 4.79 Å². The highest BCUT2D eigenvalue weighted by Crippen LogP contribution is 2.29. The van der Waals surface area contributed by atoms with E-state index in [9.17, 15) is 21.6 Å². The Bertz CT molecular complexity index is 1220. The van der Waals surface area contributed by atoms with E-state index in [0.29, 0.717) is 18.8 Å². The Hall–Kier alpha value is -2.51. The second-order valence-corrected chi connectivity index (χ2v) is 11.5. The average molecular weight is 498 g/mol. The SMILES string of the molecule is COc1ccc(CC(=O)Nc2ccccc2S(=O)(=O)N(C)C)cc1S(=O)(=O)N1CCOCC1. The Balaban J connectivity index is 1.85. The molecule has 0 aromatic heterocycles. The third-order valence-electron chi connectivity index (χ3n) is 5.10. The van der Waals surface area contributed by atoms with E-state index in [-0.39, 0.29) is 40.7 Å². The van der Waals surface area contributed by atoms with Gasteiger partial charge in [0.2, 0.25) is 26.0 Å². The fraction of sp³-hybridized carbons (Fsp3) is 0.381. The molecule has 1 aliphatic heterocycles. The van der Waals surface area contributed by atoms with Crippen LogP contribution in [0.15, 0.2) is 52.3 Å². The standard InChI is InChI=1S/C21H27N3O7S2/c1-23(2)32(26,27)19-7-5-4-6-17(19)22-21(25)15-16-8-9-18(30-3)20(14-16)33(28,29)24-10-12-31-13-11-24/h4-9,14H,10-13,15H2,1-3H3,(H,22,25). The molecule has 1 fully saturated rings. The Morgan fingerprint density at radius 1 is 1.06 bits per heavy atom. The van der Waals surface area contributed by atoms with Gasteiger partial charge in [-0.05, 0) is 29.8 Å². The van der Waals surface area contributed by atoms with Crippen LogP contribution in [0.5, 0.6) is 5.75 Å². The van der Waals surface area contributed by atoms with Crippen LogP contribution < -0.4 is 10.1 Å². The van der Waals surface area contributed by atoms with Crippen molar-refractivity contribution in [1.29, 1.82) is 0 Å². The molecule has 12 heteroatoms. The van der Waals surface area contributed by atoms with E-state index in [2.05, 4.69) is 5.32 Å². The molecule has 33 heavy (non-hydrogen) atoms. The highest BCUT2D eigenvalue weighted by Gasteiger charge is 2.30. The topological polar surface area (TPSA) is 122 Å². The van der Waals surface area contributed by atoms with Crippen LogP contribution in [-0.2, 0) is 36.0 Å². The van der Waals surface area contributed by atoms with Gasteiger partial charge in [-0.25, -0.2) is 21.1 Å². The average Bonchev–Trinajstić information content (AvgIpc) is 2.79. The van der Waals surface area contributed by atoms with Crippen molar-refractivity contribution >= 4 is 31.6 Å². The van der Waals surface area contributed by atoms with Crippen molar-refractivity contribution in [2.75, 3.05) is 52.8 Å². The molecule has 180 valence electrons. The Labute approximate surface area is 194 Å². The molecule has 1 heterocycles. The third-order valence-corrected chi connectivity index (χ3v) is 8.89. The van der Waals surface area contributed by atoms with E-state index < -0.39 is 26.0 Å². The number of methoxy groups -OCH3 is 1. The second kappa shape index (κ2) is 10.2. The molecular formula is C21H27N3O7S2. The van der Waals surface area contributed by atoms with Crippen molar-refractivity contribution in [3.8, 4) is 5.75 Å². The first-order chi connectivity index (χ1) is 15.6. The largest absolute Gasteiger partial charge is 0.495 e. The Morgan fingerprint density at radius 2 is 1.73 bits per heavy atom. The molecule has 1 saturated heterocycles. The summed E-state index contributed by atoms with van der Waals surface area (Å²) < 4.78 is 64.2. The molecule has 0 atom stereocenters. The number of ether oxygens (including phenoxy) is 2. The molecule has 1 N–H and O–H groups in total. The smallest absolute Gasteiger partial charge is 0.246 e. The molecule has 0 unspecified atom stereocenters. The number of para-hydroxylation sites is 1. The number of benzene rings is 2. The van der Waals surface area contributed by atoms with Crippen LogP contribution in [0.2, 0.25) is 0 Å². The maximum atomic E-state index is 13.1. The van der Waals surface area contributed by atoms with E-state index in [4.69, 9.17) is 9.47 Å². The lowest BCUT2D eigenvalue weighted by atomic mass is 10.1. The normalized spacial score (nSPS) is 15.4. The van der Waals surface area contributed by atoms with Crippen molar-refractivity contribution in [3.63, 3.8) is 0 Å². The number of hydrogen-bond acceptors (Lipinski definition) is 7. The van der Waals surface area contributed by atoms with Gasteiger partial charge < -0.3 is 14.8 Å². The number of nitrogens with zero attached hydrogens (tertiary/aromatic N) is 2. The van der Waals surface area contributed by atoms with Crippen LogP contribution in [0.1, 0.15) is 5.56 Å². The fourth-order valence-corrected chi connectivity index (χ4v) is 5.98. The number of morpholine rings is 1. The van der Waals surface area contributed by atoms with E-state index in [1.54, 1.807) is 18.2 Å². The summed E-state index contributed by atoms with van der Waals surface area (Å²) in [7, 11) is -3.43. The maximum Gasteiger partial charge on any atom is 0.246 e. The number of anilines is 1. The van der Waals surface area contributed by atoms with Gasteiger partial charge in [-0.15, -0.1) is 0 Å². The zero-order valence-corrected chi connectivity index (χ0v) is 20.3. The lowest BCUT2D eigenvalue weighted by Gasteiger charge is -2.26. The van der Waals surface area contributed by atoms with Crippen molar-refractivity contribution in [2.24, 2.45) is 0 Å². The van der Waals surface area contributed by atoms with E-state index in [1.807, 2.05) is 0 Å². The number of amides is 1. The van der Waals surface area contributed by atoms with Crippen LogP contribution in [0.3, 0.4) is 0 Å². The van der Waals surface area contributed by atoms with Crippen LogP contribution in [-0.4, -0.2) is 78.9 Å². The molecule has 0 radical (unpaired) electrons. The fourth-order valence-electron chi connectivity index (χ4n) is 3.33. The first-order valence-corrected chi connectivity index (χ1v) is 13.0. The minimum atomic E-state index is -3.85. The van der Waals surface area contributed by atoms with E-state index >= 15 is 0 Å². The van der Waals surface area contributed by atoms with Crippen LogP contribution in [0.25, 0.3) is 0 Å². The van der Waals surface area contributed by atoms with Crippen LogP contribution in [0.4, 0.5) is 5.69 Å². The molecule has 0 aliphatic carbocycles. The molecule has 10 nitrogen and oxygen atoms in total. The minimum Gasteiger partial charge on any atom is -0.495 e. The zero-order chi connectivity index (χ0) is 24.2. The Kier molecular flexibility index (Phi) is 7.75. The summed E-state index contributed by atoms with van der Waals surface area (Å²) >= 11 is 0. The first kappa shape index (κ1) is 25.1. The quantitative estimate of drug-likeness (QED) is 0.580. The summed E-state index contributed by atoms with van der Waals surface area (Å²) in [6.45, 7) is 1.07. The molecule has 1 amide bonds. The molecule has 2 aromatic rings.